The lowest BCUT2D eigenvalue weighted by Gasteiger charge is -2.27. The van der Waals surface area contributed by atoms with Gasteiger partial charge in [-0.05, 0) is 11.8 Å². The highest BCUT2D eigenvalue weighted by Crippen LogP contribution is 2.29. The molecule has 0 unspecified atom stereocenters. The molecule has 0 aliphatic carbocycles. The molecule has 1 amide bonds. The first-order chi connectivity index (χ1) is 7.97. The van der Waals surface area contributed by atoms with E-state index in [9.17, 15) is 18.0 Å². The predicted octanol–water partition coefficient (Wildman–Crippen LogP) is 0.261. The first-order valence-corrected chi connectivity index (χ1v) is 6.36. The summed E-state index contributed by atoms with van der Waals surface area (Å²) in [5.74, 6) is -1.13. The quantitative estimate of drug-likeness (QED) is 0.753. The Balaban J connectivity index is 2.03. The molecule has 0 atom stereocenters. The van der Waals surface area contributed by atoms with E-state index in [0.717, 1.165) is 26.2 Å². The smallest absolute Gasteiger partial charge is 0.354 e. The van der Waals surface area contributed by atoms with Crippen molar-refractivity contribution in [1.82, 2.24) is 15.5 Å². The van der Waals surface area contributed by atoms with Gasteiger partial charge in [-0.1, -0.05) is 0 Å². The van der Waals surface area contributed by atoms with E-state index < -0.39 is 17.2 Å². The molecule has 0 saturated carbocycles. The van der Waals surface area contributed by atoms with E-state index in [1.54, 1.807) is 0 Å². The number of nitrogens with one attached hydrogen (secondary N) is 2. The third-order valence-electron chi connectivity index (χ3n) is 2.33. The van der Waals surface area contributed by atoms with Gasteiger partial charge in [-0.2, -0.15) is 13.2 Å². The molecular formula is C9H16F3N3OS. The van der Waals surface area contributed by atoms with Crippen molar-refractivity contribution in [2.75, 3.05) is 45.0 Å². The Labute approximate surface area is 102 Å². The summed E-state index contributed by atoms with van der Waals surface area (Å²) in [7, 11) is 0. The zero-order valence-corrected chi connectivity index (χ0v) is 10.2. The van der Waals surface area contributed by atoms with Crippen LogP contribution >= 0.6 is 11.8 Å². The third-order valence-corrected chi connectivity index (χ3v) is 3.06. The lowest BCUT2D eigenvalue weighted by molar-refractivity contribution is -0.118. The summed E-state index contributed by atoms with van der Waals surface area (Å²) in [5.41, 5.74) is -4.34. The van der Waals surface area contributed by atoms with Crippen LogP contribution in [0.5, 0.6) is 0 Å². The van der Waals surface area contributed by atoms with Crippen LogP contribution < -0.4 is 10.6 Å². The monoisotopic (exact) mass is 271 g/mol. The van der Waals surface area contributed by atoms with E-state index >= 15 is 0 Å². The molecule has 17 heavy (non-hydrogen) atoms. The zero-order chi connectivity index (χ0) is 12.7. The van der Waals surface area contributed by atoms with E-state index in [2.05, 4.69) is 15.5 Å². The highest BCUT2D eigenvalue weighted by molar-refractivity contribution is 8.00. The molecule has 4 nitrogen and oxygen atoms in total. The number of alkyl halides is 3. The summed E-state index contributed by atoms with van der Waals surface area (Å²) >= 11 is -0.308. The Morgan fingerprint density at radius 3 is 2.59 bits per heavy atom. The van der Waals surface area contributed by atoms with Gasteiger partial charge in [-0.3, -0.25) is 9.69 Å². The molecule has 1 aliphatic heterocycles. The van der Waals surface area contributed by atoms with Crippen molar-refractivity contribution in [3.05, 3.63) is 0 Å². The number of hydrogen-bond acceptors (Lipinski definition) is 4. The van der Waals surface area contributed by atoms with Gasteiger partial charge in [0.15, 0.2) is 0 Å². The Morgan fingerprint density at radius 1 is 1.35 bits per heavy atom. The fraction of sp³-hybridized carbons (Fsp3) is 0.889. The molecule has 0 aromatic carbocycles. The SMILES string of the molecule is O=C(CSC(F)(F)F)NCCN1CCNCC1. The number of piperazine rings is 1. The Hall–Kier alpha value is -0.470. The van der Waals surface area contributed by atoms with Crippen LogP contribution in [0.15, 0.2) is 0 Å². The molecule has 0 spiro atoms. The Kier molecular flexibility index (Phi) is 6.07. The second kappa shape index (κ2) is 7.07. The summed E-state index contributed by atoms with van der Waals surface area (Å²) < 4.78 is 35.4. The van der Waals surface area contributed by atoms with Gasteiger partial charge in [0.05, 0.1) is 5.75 Å². The highest BCUT2D eigenvalue weighted by atomic mass is 32.2. The highest BCUT2D eigenvalue weighted by Gasteiger charge is 2.29. The van der Waals surface area contributed by atoms with Crippen LogP contribution in [-0.4, -0.2) is 61.3 Å². The molecule has 0 bridgehead atoms. The zero-order valence-electron chi connectivity index (χ0n) is 9.35. The van der Waals surface area contributed by atoms with Crippen LogP contribution in [0.25, 0.3) is 0 Å². The van der Waals surface area contributed by atoms with Crippen LogP contribution in [0.3, 0.4) is 0 Å². The van der Waals surface area contributed by atoms with Crippen molar-refractivity contribution in [2.45, 2.75) is 5.51 Å². The minimum absolute atomic E-state index is 0.308. The largest absolute Gasteiger partial charge is 0.442 e. The molecule has 1 fully saturated rings. The Bertz CT molecular complexity index is 244. The van der Waals surface area contributed by atoms with Gasteiger partial charge in [0.25, 0.3) is 0 Å². The van der Waals surface area contributed by atoms with Gasteiger partial charge < -0.3 is 10.6 Å². The molecular weight excluding hydrogens is 255 g/mol. The van der Waals surface area contributed by atoms with Crippen LogP contribution in [-0.2, 0) is 4.79 Å². The van der Waals surface area contributed by atoms with Crippen molar-refractivity contribution in [3.63, 3.8) is 0 Å². The molecule has 1 rings (SSSR count). The van der Waals surface area contributed by atoms with Crippen LogP contribution in [0.2, 0.25) is 0 Å². The molecule has 0 radical (unpaired) electrons. The van der Waals surface area contributed by atoms with Crippen molar-refractivity contribution in [3.8, 4) is 0 Å². The van der Waals surface area contributed by atoms with Crippen molar-refractivity contribution >= 4 is 17.7 Å². The maximum Gasteiger partial charge on any atom is 0.442 e. The molecule has 2 N–H and O–H groups in total. The van der Waals surface area contributed by atoms with Crippen LogP contribution in [0, 0.1) is 0 Å². The molecule has 0 aromatic rings. The molecule has 1 saturated heterocycles. The minimum atomic E-state index is -4.34. The van der Waals surface area contributed by atoms with Gasteiger partial charge in [-0.15, -0.1) is 0 Å². The fourth-order valence-corrected chi connectivity index (χ4v) is 1.88. The summed E-state index contributed by atoms with van der Waals surface area (Å²) in [6, 6.07) is 0. The van der Waals surface area contributed by atoms with Gasteiger partial charge in [0, 0.05) is 39.3 Å². The van der Waals surface area contributed by atoms with E-state index in [1.165, 1.54) is 0 Å². The van der Waals surface area contributed by atoms with Crippen LogP contribution in [0.4, 0.5) is 13.2 Å². The topological polar surface area (TPSA) is 44.4 Å². The number of amides is 1. The molecule has 1 heterocycles. The molecule has 0 aromatic heterocycles. The average molecular weight is 271 g/mol. The number of nitrogens with zero attached hydrogens (tertiary/aromatic N) is 1. The number of carbonyl (C=O) groups is 1. The predicted molar refractivity (Wildman–Crippen MR) is 60.8 cm³/mol. The van der Waals surface area contributed by atoms with E-state index in [4.69, 9.17) is 0 Å². The summed E-state index contributed by atoms with van der Waals surface area (Å²) in [4.78, 5) is 13.2. The number of halogens is 3. The second-order valence-corrected chi connectivity index (χ2v) is 4.72. The third kappa shape index (κ3) is 7.45. The van der Waals surface area contributed by atoms with E-state index in [1.807, 2.05) is 0 Å². The number of rotatable bonds is 5. The first-order valence-electron chi connectivity index (χ1n) is 5.38. The average Bonchev–Trinajstić information content (AvgIpc) is 2.27. The molecule has 100 valence electrons. The summed E-state index contributed by atoms with van der Waals surface area (Å²) in [6.45, 7) is 4.73. The molecule has 8 heteroatoms. The second-order valence-electron chi connectivity index (χ2n) is 3.68. The normalized spacial score (nSPS) is 18.1. The maximum absolute atomic E-state index is 11.8. The van der Waals surface area contributed by atoms with E-state index in [0.29, 0.717) is 13.1 Å². The van der Waals surface area contributed by atoms with E-state index in [-0.39, 0.29) is 11.8 Å². The lowest BCUT2D eigenvalue weighted by Crippen LogP contribution is -2.46. The summed E-state index contributed by atoms with van der Waals surface area (Å²) in [6.07, 6.45) is 0. The summed E-state index contributed by atoms with van der Waals surface area (Å²) in [5, 5.41) is 5.67. The van der Waals surface area contributed by atoms with Crippen molar-refractivity contribution < 1.29 is 18.0 Å². The van der Waals surface area contributed by atoms with Gasteiger partial charge >= 0.3 is 5.51 Å². The van der Waals surface area contributed by atoms with Crippen molar-refractivity contribution in [1.29, 1.82) is 0 Å². The van der Waals surface area contributed by atoms with Crippen LogP contribution in [0.1, 0.15) is 0 Å². The Morgan fingerprint density at radius 2 is 2.00 bits per heavy atom. The fourth-order valence-electron chi connectivity index (χ4n) is 1.49. The van der Waals surface area contributed by atoms with Crippen molar-refractivity contribution in [2.24, 2.45) is 0 Å². The van der Waals surface area contributed by atoms with Gasteiger partial charge in [0.1, 0.15) is 0 Å². The first kappa shape index (κ1) is 14.6. The van der Waals surface area contributed by atoms with Gasteiger partial charge in [0.2, 0.25) is 5.91 Å². The lowest BCUT2D eigenvalue weighted by atomic mass is 10.3. The maximum atomic E-state index is 11.8. The standard InChI is InChI=1S/C9H16F3N3OS/c10-9(11,12)17-7-8(16)14-3-6-15-4-1-13-2-5-15/h13H,1-7H2,(H,14,16). The molecule has 1 aliphatic rings. The number of thioether (sulfide) groups is 1. The number of hydrogen-bond donors (Lipinski definition) is 2. The number of carbonyl (C=O) groups excluding carboxylic acids is 1. The minimum Gasteiger partial charge on any atom is -0.354 e. The van der Waals surface area contributed by atoms with Gasteiger partial charge in [-0.25, -0.2) is 0 Å².